The summed E-state index contributed by atoms with van der Waals surface area (Å²) >= 11 is 63.0. The summed E-state index contributed by atoms with van der Waals surface area (Å²) < 4.78 is 31.7. The van der Waals surface area contributed by atoms with Gasteiger partial charge in [-0.1, -0.05) is 116 Å². The zero-order valence-electron chi connectivity index (χ0n) is 56.7. The Morgan fingerprint density at radius 3 is 1.29 bits per heavy atom. The molecule has 548 valence electrons. The summed E-state index contributed by atoms with van der Waals surface area (Å²) in [5.74, 6) is 4.21. The Hall–Kier alpha value is -10.0. The number of pyridine rings is 1. The molecule has 4 aliphatic rings. The lowest BCUT2D eigenvalue weighted by Gasteiger charge is -2.13. The predicted molar refractivity (Wildman–Crippen MR) is 430 cm³/mol. The van der Waals surface area contributed by atoms with Crippen molar-refractivity contribution in [3.05, 3.63) is 176 Å². The first kappa shape index (κ1) is 73.5. The average Bonchev–Trinajstić information content (AvgIpc) is 1.61. The molecule has 25 nitrogen and oxygen atoms in total. The molecule has 0 amide bonds. The van der Waals surface area contributed by atoms with E-state index in [-0.39, 0.29) is 29.7 Å². The highest BCUT2D eigenvalue weighted by atomic mass is 35.5. The van der Waals surface area contributed by atoms with Gasteiger partial charge in [0.2, 0.25) is 29.7 Å². The SMILES string of the molecule is CCn1ccc2nc(N)nc(-c3c(Cl)cc(Cl)c4c3CCO4)c21.COc1cc(-c2nc(N)nc3cc[nH]c23)c(Cl)cc1Cl.Cn1ccc2nc(N)nc(-c3c(Cl)cc(Cl)c4c3CCO4)c21.Nc1nc(-c2c(Cl)cc(Cl)c3c2CCO3)c2[nH]ccc2n1.Nc1nc(-c2c(Cl)cc(Cl)c3c2CCO3)c2ncccc2n1. The maximum absolute atomic E-state index is 6.51. The van der Waals surface area contributed by atoms with Gasteiger partial charge in [-0.05, 0) is 79.7 Å². The number of aromatic amines is 2. The number of ether oxygens (including phenoxy) is 5. The summed E-state index contributed by atoms with van der Waals surface area (Å²) in [6, 6.07) is 21.2. The zero-order valence-corrected chi connectivity index (χ0v) is 64.3. The van der Waals surface area contributed by atoms with E-state index in [0.717, 1.165) is 120 Å². The third-order valence-electron chi connectivity index (χ3n) is 18.0. The summed E-state index contributed by atoms with van der Waals surface area (Å²) in [4.78, 5) is 53.6. The fourth-order valence-corrected chi connectivity index (χ4v) is 16.6. The number of anilines is 5. The Balaban J connectivity index is 0.000000108. The maximum atomic E-state index is 6.51. The minimum Gasteiger partial charge on any atom is -0.495 e. The Kier molecular flexibility index (Phi) is 20.5. The van der Waals surface area contributed by atoms with Gasteiger partial charge in [-0.2, -0.15) is 0 Å². The molecule has 0 aliphatic carbocycles. The molecule has 4 aliphatic heterocycles. The number of halogens is 10. The second-order valence-electron chi connectivity index (χ2n) is 24.4. The van der Waals surface area contributed by atoms with E-state index in [0.29, 0.717) is 151 Å². The fourth-order valence-electron chi connectivity index (χ4n) is 13.5. The Morgan fingerprint density at radius 2 is 0.806 bits per heavy atom. The van der Waals surface area contributed by atoms with E-state index in [4.69, 9.17) is 168 Å². The number of aryl methyl sites for hydroxylation is 2. The van der Waals surface area contributed by atoms with Gasteiger partial charge in [-0.25, -0.2) is 49.8 Å². The van der Waals surface area contributed by atoms with E-state index in [2.05, 4.69) is 76.3 Å². The molecule has 5 aromatic carbocycles. The van der Waals surface area contributed by atoms with Crippen molar-refractivity contribution in [1.29, 1.82) is 0 Å². The van der Waals surface area contributed by atoms with Gasteiger partial charge < -0.3 is 71.5 Å². The third kappa shape index (κ3) is 13.7. The lowest BCUT2D eigenvalue weighted by Crippen LogP contribution is -2.02. The van der Waals surface area contributed by atoms with E-state index >= 15 is 0 Å². The van der Waals surface area contributed by atoms with Crippen molar-refractivity contribution in [3.8, 4) is 85.0 Å². The van der Waals surface area contributed by atoms with Crippen LogP contribution in [0.4, 0.5) is 29.7 Å². The second-order valence-corrected chi connectivity index (χ2v) is 28.5. The topological polar surface area (TPSA) is 359 Å². The minimum atomic E-state index is 0.175. The van der Waals surface area contributed by atoms with Crippen molar-refractivity contribution in [2.24, 2.45) is 7.05 Å². The lowest BCUT2D eigenvalue weighted by atomic mass is 10.0. The number of nitrogen functional groups attached to an aromatic ring is 5. The van der Waals surface area contributed by atoms with E-state index in [1.165, 1.54) is 7.11 Å². The summed E-state index contributed by atoms with van der Waals surface area (Å²) in [7, 11) is 3.48. The summed E-state index contributed by atoms with van der Waals surface area (Å²) in [5.41, 5.74) is 47.9. The molecule has 10 aromatic heterocycles. The molecule has 0 fully saturated rings. The largest absolute Gasteiger partial charge is 0.495 e. The quantitative estimate of drug-likeness (QED) is 0.0779. The molecule has 0 radical (unpaired) electrons. The van der Waals surface area contributed by atoms with Gasteiger partial charge in [0.05, 0.1) is 133 Å². The molecule has 12 N–H and O–H groups in total. The highest BCUT2D eigenvalue weighted by Crippen LogP contribution is 2.51. The number of aromatic nitrogens is 15. The average molecular weight is 1650 g/mol. The van der Waals surface area contributed by atoms with Crippen LogP contribution in [-0.4, -0.2) is 107 Å². The third-order valence-corrected chi connectivity index (χ3v) is 20.9. The maximum Gasteiger partial charge on any atom is 0.221 e. The molecular formula is C73H56Cl10N20O5. The van der Waals surface area contributed by atoms with Gasteiger partial charge >= 0.3 is 0 Å². The van der Waals surface area contributed by atoms with Gasteiger partial charge in [0.25, 0.3) is 0 Å². The molecule has 15 aromatic rings. The second kappa shape index (κ2) is 30.2. The van der Waals surface area contributed by atoms with E-state index in [1.54, 1.807) is 61.1 Å². The van der Waals surface area contributed by atoms with Crippen molar-refractivity contribution < 1.29 is 23.7 Å². The van der Waals surface area contributed by atoms with Crippen molar-refractivity contribution in [2.75, 3.05) is 62.2 Å². The molecular weight excluding hydrogens is 1590 g/mol. The normalized spacial score (nSPS) is 12.9. The van der Waals surface area contributed by atoms with Crippen LogP contribution in [0, 0.1) is 0 Å². The van der Waals surface area contributed by atoms with Crippen LogP contribution in [0.5, 0.6) is 28.7 Å². The van der Waals surface area contributed by atoms with Crippen LogP contribution in [0.1, 0.15) is 29.2 Å². The number of rotatable bonds is 7. The molecule has 0 saturated carbocycles. The number of hydrogen-bond donors (Lipinski definition) is 7. The fraction of sp³-hybridized carbons (Fsp3) is 0.164. The van der Waals surface area contributed by atoms with Crippen LogP contribution in [0.15, 0.2) is 104 Å². The summed E-state index contributed by atoms with van der Waals surface area (Å²) in [5, 5.41) is 5.06. The Morgan fingerprint density at radius 1 is 0.417 bits per heavy atom. The van der Waals surface area contributed by atoms with Gasteiger partial charge in [-0.15, -0.1) is 0 Å². The molecule has 0 saturated heterocycles. The lowest BCUT2D eigenvalue weighted by molar-refractivity contribution is 0.357. The smallest absolute Gasteiger partial charge is 0.221 e. The van der Waals surface area contributed by atoms with Crippen molar-refractivity contribution >= 4 is 201 Å². The first-order chi connectivity index (χ1) is 52.0. The van der Waals surface area contributed by atoms with Crippen LogP contribution in [0.3, 0.4) is 0 Å². The number of nitrogens with one attached hydrogen (secondary N) is 2. The molecule has 19 rings (SSSR count). The van der Waals surface area contributed by atoms with Gasteiger partial charge in [0, 0.05) is 120 Å². The molecule has 14 heterocycles. The number of nitrogens with two attached hydrogens (primary N) is 5. The monoisotopic (exact) mass is 1640 g/mol. The zero-order chi connectivity index (χ0) is 75.7. The van der Waals surface area contributed by atoms with Gasteiger partial charge in [0.15, 0.2) is 0 Å². The minimum absolute atomic E-state index is 0.175. The highest BCUT2D eigenvalue weighted by Gasteiger charge is 2.32. The summed E-state index contributed by atoms with van der Waals surface area (Å²) in [6.07, 6.45) is 12.1. The molecule has 0 atom stereocenters. The molecule has 0 unspecified atom stereocenters. The van der Waals surface area contributed by atoms with Crippen molar-refractivity contribution in [1.82, 2.24) is 73.9 Å². The first-order valence-corrected chi connectivity index (χ1v) is 36.7. The van der Waals surface area contributed by atoms with Crippen LogP contribution in [0.2, 0.25) is 50.2 Å². The van der Waals surface area contributed by atoms with Gasteiger partial charge in [-0.3, -0.25) is 4.98 Å². The Labute approximate surface area is 663 Å². The number of benzene rings is 5. The van der Waals surface area contributed by atoms with Crippen LogP contribution in [-0.2, 0) is 39.3 Å². The molecule has 0 spiro atoms. The number of methoxy groups -OCH3 is 1. The number of nitrogens with zero attached hydrogens (tertiary/aromatic N) is 13. The van der Waals surface area contributed by atoms with Crippen molar-refractivity contribution in [2.45, 2.75) is 39.2 Å². The van der Waals surface area contributed by atoms with Crippen LogP contribution >= 0.6 is 116 Å². The van der Waals surface area contributed by atoms with E-state index < -0.39 is 0 Å². The molecule has 0 bridgehead atoms. The number of hydrogen-bond acceptors (Lipinski definition) is 21. The molecule has 108 heavy (non-hydrogen) atoms. The summed E-state index contributed by atoms with van der Waals surface area (Å²) in [6.45, 7) is 5.18. The number of H-pyrrole nitrogens is 2. The van der Waals surface area contributed by atoms with E-state index in [9.17, 15) is 0 Å². The molecule has 35 heteroatoms. The van der Waals surface area contributed by atoms with Crippen LogP contribution in [0.25, 0.3) is 111 Å². The number of fused-ring (bicyclic) bond motifs is 9. The standard InChI is InChI=1S/C16H14Cl2N4O.C15H12Cl2N4O.C15H10Cl2N4O.C14H10Cl2N4O.C13H10Cl2N4O/c1-2-22-5-3-11-14(22)13(21-16(19)20-11)12-8-4-6-23-15(8)10(18)7-9(12)17;1-21-4-2-10-13(21)12(20-15(18)19-10)11-7-3-5-22-14(7)9(17)6-8(11)16;16-8-6-9(17)14-7(3-5-22-14)11(8)13-12-10(2-1-4-19-12)20-15(18)21-13;15-7-5-8(16)13-6(2-4-21-13)10(7)12-11-9(1-3-18-11)19-14(17)20-12;1-20-10-4-6(7(14)5-8(10)15)11-12-9(2-3-17-12)18-13(16)19-11/h3,5,7H,2,4,6H2,1H3,(H2,19,20,21);2,4,6H,3,5H2,1H3,(H2,18,19,20);1-2,4,6H,3,5H2,(H2,18,20,21);1,3,5,18H,2,4H2,(H2,17,19,20);2-5,17H,1H3,(H2,16,18,19). The Bertz CT molecular complexity index is 6150. The van der Waals surface area contributed by atoms with Crippen LogP contribution < -0.4 is 52.4 Å². The first-order valence-electron chi connectivity index (χ1n) is 33.0. The van der Waals surface area contributed by atoms with E-state index in [1.807, 2.05) is 54.3 Å². The predicted octanol–water partition coefficient (Wildman–Crippen LogP) is 17.9. The van der Waals surface area contributed by atoms with Crippen molar-refractivity contribution in [3.63, 3.8) is 0 Å². The highest BCUT2D eigenvalue weighted by molar-refractivity contribution is 6.41. The van der Waals surface area contributed by atoms with Gasteiger partial charge in [0.1, 0.15) is 62.7 Å².